The Labute approximate surface area is 188 Å². The molecule has 0 bridgehead atoms. The number of rotatable bonds is 8. The zero-order chi connectivity index (χ0) is 21.5. The average Bonchev–Trinajstić information content (AvgIpc) is 3.21. The molecule has 1 aromatic heterocycles. The molecule has 4 aromatic rings. The van der Waals surface area contributed by atoms with Gasteiger partial charge in [-0.1, -0.05) is 65.8 Å². The van der Waals surface area contributed by atoms with E-state index >= 15 is 0 Å². The smallest absolute Gasteiger partial charge is 0.250 e. The van der Waals surface area contributed by atoms with E-state index in [1.165, 1.54) is 11.8 Å². The molecule has 31 heavy (non-hydrogen) atoms. The Morgan fingerprint density at radius 1 is 1.13 bits per heavy atom. The molecule has 0 aliphatic heterocycles. The van der Waals surface area contributed by atoms with Gasteiger partial charge in [-0.2, -0.15) is 5.10 Å². The van der Waals surface area contributed by atoms with E-state index in [2.05, 4.69) is 20.5 Å². The first-order valence-corrected chi connectivity index (χ1v) is 10.9. The third-order valence-electron chi connectivity index (χ3n) is 4.32. The van der Waals surface area contributed by atoms with Crippen LogP contribution < -0.4 is 10.2 Å². The van der Waals surface area contributed by atoms with Crippen LogP contribution >= 0.6 is 23.4 Å². The van der Waals surface area contributed by atoms with Crippen LogP contribution in [0.15, 0.2) is 83.1 Å². The molecule has 1 heterocycles. The molecule has 1 amide bonds. The van der Waals surface area contributed by atoms with Crippen LogP contribution in [0.4, 0.5) is 0 Å². The van der Waals surface area contributed by atoms with Gasteiger partial charge >= 0.3 is 0 Å². The first-order valence-electron chi connectivity index (χ1n) is 9.53. The number of nitrogens with one attached hydrogen (secondary N) is 2. The van der Waals surface area contributed by atoms with Crippen LogP contribution in [0.5, 0.6) is 5.75 Å². The normalized spacial score (nSPS) is 11.1. The second kappa shape index (κ2) is 10.1. The van der Waals surface area contributed by atoms with Crippen molar-refractivity contribution in [2.24, 2.45) is 5.10 Å². The highest BCUT2D eigenvalue weighted by Crippen LogP contribution is 2.20. The number of imidazole rings is 1. The molecule has 0 atom stereocenters. The molecule has 156 valence electrons. The summed E-state index contributed by atoms with van der Waals surface area (Å²) in [5.41, 5.74) is 6.07. The van der Waals surface area contributed by atoms with E-state index in [9.17, 15) is 4.79 Å². The maximum Gasteiger partial charge on any atom is 0.250 e. The number of carbonyl (C=O) groups excluding carboxylic acids is 1. The van der Waals surface area contributed by atoms with Crippen molar-refractivity contribution in [3.63, 3.8) is 0 Å². The summed E-state index contributed by atoms with van der Waals surface area (Å²) >= 11 is 7.48. The highest BCUT2D eigenvalue weighted by molar-refractivity contribution is 7.99. The lowest BCUT2D eigenvalue weighted by molar-refractivity contribution is -0.118. The quantitative estimate of drug-likeness (QED) is 0.224. The molecule has 0 radical (unpaired) electrons. The number of benzene rings is 3. The lowest BCUT2D eigenvalue weighted by atomic mass is 10.2. The van der Waals surface area contributed by atoms with Gasteiger partial charge in [-0.15, -0.1) is 0 Å². The molecule has 0 fully saturated rings. The van der Waals surface area contributed by atoms with Crippen molar-refractivity contribution in [2.75, 3.05) is 5.75 Å². The molecule has 6 nitrogen and oxygen atoms in total. The van der Waals surface area contributed by atoms with E-state index in [1.807, 2.05) is 72.8 Å². The molecule has 0 unspecified atom stereocenters. The Balaban J connectivity index is 1.26. The molecule has 3 aromatic carbocycles. The molecule has 0 saturated heterocycles. The summed E-state index contributed by atoms with van der Waals surface area (Å²) in [6.07, 6.45) is 1.58. The maximum absolute atomic E-state index is 12.1. The number of hydrazone groups is 1. The van der Waals surface area contributed by atoms with Crippen LogP contribution in [0.25, 0.3) is 11.0 Å². The van der Waals surface area contributed by atoms with Gasteiger partial charge in [0.05, 0.1) is 23.0 Å². The minimum atomic E-state index is -0.215. The van der Waals surface area contributed by atoms with Gasteiger partial charge in [0.2, 0.25) is 0 Å². The standard InChI is InChI=1S/C23H19ClN4O2S/c24-19-9-2-1-7-17(19)14-30-18-8-5-6-16(12-18)13-25-28-22(29)15-31-23-26-20-10-3-4-11-21(20)27-23/h1-13H,14-15H2,(H,26,27)(H,28,29)/b25-13-. The van der Waals surface area contributed by atoms with E-state index in [0.29, 0.717) is 22.5 Å². The van der Waals surface area contributed by atoms with Crippen molar-refractivity contribution >= 4 is 46.5 Å². The Kier molecular flexibility index (Phi) is 6.86. The van der Waals surface area contributed by atoms with Crippen LogP contribution in [0.2, 0.25) is 5.02 Å². The van der Waals surface area contributed by atoms with E-state index in [-0.39, 0.29) is 11.7 Å². The fourth-order valence-corrected chi connectivity index (χ4v) is 3.67. The third-order valence-corrected chi connectivity index (χ3v) is 5.56. The molecule has 0 spiro atoms. The van der Waals surface area contributed by atoms with Crippen molar-refractivity contribution in [3.8, 4) is 5.75 Å². The van der Waals surface area contributed by atoms with E-state index in [1.54, 1.807) is 6.21 Å². The number of ether oxygens (including phenoxy) is 1. The van der Waals surface area contributed by atoms with E-state index < -0.39 is 0 Å². The predicted molar refractivity (Wildman–Crippen MR) is 125 cm³/mol. The van der Waals surface area contributed by atoms with Crippen LogP contribution in [-0.2, 0) is 11.4 Å². The summed E-state index contributed by atoms with van der Waals surface area (Å²) in [7, 11) is 0. The van der Waals surface area contributed by atoms with E-state index in [0.717, 1.165) is 22.2 Å². The average molecular weight is 451 g/mol. The second-order valence-corrected chi connectivity index (χ2v) is 7.96. The van der Waals surface area contributed by atoms with Crippen LogP contribution in [-0.4, -0.2) is 27.8 Å². The van der Waals surface area contributed by atoms with Gasteiger partial charge in [0, 0.05) is 10.6 Å². The van der Waals surface area contributed by atoms with Gasteiger partial charge in [0.25, 0.3) is 5.91 Å². The second-order valence-electron chi connectivity index (χ2n) is 6.59. The topological polar surface area (TPSA) is 79.4 Å². The van der Waals surface area contributed by atoms with Crippen molar-refractivity contribution in [1.82, 2.24) is 15.4 Å². The van der Waals surface area contributed by atoms with Gasteiger partial charge in [0.15, 0.2) is 5.16 Å². The Morgan fingerprint density at radius 3 is 2.84 bits per heavy atom. The number of nitrogens with zero attached hydrogens (tertiary/aromatic N) is 2. The Hall–Kier alpha value is -3.29. The van der Waals surface area contributed by atoms with Crippen molar-refractivity contribution < 1.29 is 9.53 Å². The number of aromatic amines is 1. The number of amides is 1. The van der Waals surface area contributed by atoms with Crippen LogP contribution in [0, 0.1) is 0 Å². The summed E-state index contributed by atoms with van der Waals surface area (Å²) in [5, 5.41) is 5.39. The number of carbonyl (C=O) groups is 1. The minimum Gasteiger partial charge on any atom is -0.489 e. The lowest BCUT2D eigenvalue weighted by Crippen LogP contribution is -2.19. The lowest BCUT2D eigenvalue weighted by Gasteiger charge is -2.08. The van der Waals surface area contributed by atoms with Crippen molar-refractivity contribution in [3.05, 3.63) is 88.9 Å². The first kappa shape index (κ1) is 21.0. The number of thioether (sulfide) groups is 1. The Morgan fingerprint density at radius 2 is 1.97 bits per heavy atom. The number of hydrogen-bond donors (Lipinski definition) is 2. The molecular weight excluding hydrogens is 432 g/mol. The van der Waals surface area contributed by atoms with E-state index in [4.69, 9.17) is 16.3 Å². The molecule has 0 aliphatic carbocycles. The number of halogens is 1. The number of H-pyrrole nitrogens is 1. The summed E-state index contributed by atoms with van der Waals surface area (Å²) < 4.78 is 5.81. The zero-order valence-electron chi connectivity index (χ0n) is 16.4. The number of aromatic nitrogens is 2. The van der Waals surface area contributed by atoms with Crippen molar-refractivity contribution in [2.45, 2.75) is 11.8 Å². The number of hydrogen-bond acceptors (Lipinski definition) is 5. The monoisotopic (exact) mass is 450 g/mol. The summed E-state index contributed by atoms with van der Waals surface area (Å²) in [5.74, 6) is 0.682. The maximum atomic E-state index is 12.1. The van der Waals surface area contributed by atoms with Gasteiger partial charge in [-0.05, 0) is 35.9 Å². The van der Waals surface area contributed by atoms with Gasteiger partial charge in [-0.3, -0.25) is 4.79 Å². The fraction of sp³-hybridized carbons (Fsp3) is 0.0870. The summed E-state index contributed by atoms with van der Waals surface area (Å²) in [4.78, 5) is 19.7. The fourth-order valence-electron chi connectivity index (χ4n) is 2.80. The number of para-hydroxylation sites is 2. The highest BCUT2D eigenvalue weighted by atomic mass is 35.5. The van der Waals surface area contributed by atoms with Crippen molar-refractivity contribution in [1.29, 1.82) is 0 Å². The summed E-state index contributed by atoms with van der Waals surface area (Å²) in [6.45, 7) is 0.371. The first-order chi connectivity index (χ1) is 15.2. The van der Waals surface area contributed by atoms with Crippen LogP contribution in [0.1, 0.15) is 11.1 Å². The zero-order valence-corrected chi connectivity index (χ0v) is 18.0. The molecule has 8 heteroatoms. The summed E-state index contributed by atoms with van der Waals surface area (Å²) in [6, 6.07) is 22.7. The Bertz CT molecular complexity index is 1190. The van der Waals surface area contributed by atoms with Crippen LogP contribution in [0.3, 0.4) is 0 Å². The molecule has 0 aliphatic rings. The van der Waals surface area contributed by atoms with Gasteiger partial charge < -0.3 is 9.72 Å². The van der Waals surface area contributed by atoms with Gasteiger partial charge in [-0.25, -0.2) is 10.4 Å². The SMILES string of the molecule is O=C(CSc1nc2ccccc2[nH]1)N/N=C\c1cccc(OCc2ccccc2Cl)c1. The number of fused-ring (bicyclic) bond motifs is 1. The van der Waals surface area contributed by atoms with Gasteiger partial charge in [0.1, 0.15) is 12.4 Å². The molecular formula is C23H19ClN4O2S. The predicted octanol–water partition coefficient (Wildman–Crippen LogP) is 5.04. The third kappa shape index (κ3) is 5.87. The highest BCUT2D eigenvalue weighted by Gasteiger charge is 2.06. The molecule has 4 rings (SSSR count). The largest absolute Gasteiger partial charge is 0.489 e. The minimum absolute atomic E-state index is 0.206. The molecule has 0 saturated carbocycles. The molecule has 2 N–H and O–H groups in total.